The van der Waals surface area contributed by atoms with Crippen LogP contribution in [0.2, 0.25) is 0 Å². The number of hydrogen-bond acceptors (Lipinski definition) is 5. The molecule has 0 bridgehead atoms. The zero-order valence-electron chi connectivity index (χ0n) is 13.3. The Kier molecular flexibility index (Phi) is 4.82. The van der Waals surface area contributed by atoms with Crippen molar-refractivity contribution in [2.75, 3.05) is 19.5 Å². The summed E-state index contributed by atoms with van der Waals surface area (Å²) in [6, 6.07) is 2.94. The summed E-state index contributed by atoms with van der Waals surface area (Å²) in [5.74, 6) is -0.363. The van der Waals surface area contributed by atoms with E-state index in [0.717, 1.165) is 6.42 Å². The second-order valence-corrected chi connectivity index (χ2v) is 5.07. The van der Waals surface area contributed by atoms with Crippen molar-refractivity contribution < 1.29 is 22.6 Å². The molecule has 0 fully saturated rings. The Labute approximate surface area is 131 Å². The standard InChI is InChI=1S/C15H18F3N3O2/c1-5-8(2)19-13-9-6-11(22-3)12(23-4)7-10(9)20-14(21-13)15(16,17)18/h6-8H,5H2,1-4H3,(H,19,20,21). The molecule has 1 N–H and O–H groups in total. The number of nitrogens with zero attached hydrogens (tertiary/aromatic N) is 2. The normalized spacial score (nSPS) is 13.0. The first-order valence-corrected chi connectivity index (χ1v) is 7.07. The van der Waals surface area contributed by atoms with E-state index in [2.05, 4.69) is 15.3 Å². The Morgan fingerprint density at radius 1 is 1.13 bits per heavy atom. The van der Waals surface area contributed by atoms with Gasteiger partial charge in [-0.3, -0.25) is 0 Å². The number of methoxy groups -OCH3 is 2. The molecular weight excluding hydrogens is 311 g/mol. The molecule has 1 atom stereocenters. The summed E-state index contributed by atoms with van der Waals surface area (Å²) in [7, 11) is 2.87. The summed E-state index contributed by atoms with van der Waals surface area (Å²) in [5.41, 5.74) is 0.135. The predicted octanol–water partition coefficient (Wildman–Crippen LogP) is 3.88. The highest BCUT2D eigenvalue weighted by molar-refractivity contribution is 5.92. The molecule has 5 nitrogen and oxygen atoms in total. The smallest absolute Gasteiger partial charge is 0.451 e. The second-order valence-electron chi connectivity index (χ2n) is 5.07. The molecular formula is C15H18F3N3O2. The average Bonchev–Trinajstić information content (AvgIpc) is 2.52. The number of benzene rings is 1. The number of hydrogen-bond donors (Lipinski definition) is 1. The highest BCUT2D eigenvalue weighted by Crippen LogP contribution is 2.36. The van der Waals surface area contributed by atoms with E-state index in [1.165, 1.54) is 20.3 Å². The molecule has 1 unspecified atom stereocenters. The lowest BCUT2D eigenvalue weighted by atomic mass is 10.2. The van der Waals surface area contributed by atoms with Crippen LogP contribution in [-0.4, -0.2) is 30.2 Å². The lowest BCUT2D eigenvalue weighted by Crippen LogP contribution is -2.18. The van der Waals surface area contributed by atoms with Gasteiger partial charge in [-0.2, -0.15) is 13.2 Å². The highest BCUT2D eigenvalue weighted by Gasteiger charge is 2.35. The summed E-state index contributed by atoms with van der Waals surface area (Å²) >= 11 is 0. The van der Waals surface area contributed by atoms with E-state index in [9.17, 15) is 13.2 Å². The van der Waals surface area contributed by atoms with E-state index < -0.39 is 12.0 Å². The maximum atomic E-state index is 13.0. The lowest BCUT2D eigenvalue weighted by Gasteiger charge is -2.17. The fraction of sp³-hybridized carbons (Fsp3) is 0.467. The van der Waals surface area contributed by atoms with Gasteiger partial charge in [-0.1, -0.05) is 6.92 Å². The van der Waals surface area contributed by atoms with Crippen molar-refractivity contribution in [1.82, 2.24) is 9.97 Å². The first-order chi connectivity index (χ1) is 10.8. The summed E-state index contributed by atoms with van der Waals surface area (Å²) in [5, 5.41) is 3.43. The number of halogens is 3. The molecule has 0 aliphatic heterocycles. The topological polar surface area (TPSA) is 56.3 Å². The molecule has 126 valence electrons. The maximum absolute atomic E-state index is 13.0. The minimum Gasteiger partial charge on any atom is -0.493 e. The van der Waals surface area contributed by atoms with E-state index >= 15 is 0 Å². The van der Waals surface area contributed by atoms with Gasteiger partial charge in [0.25, 0.3) is 0 Å². The fourth-order valence-electron chi connectivity index (χ4n) is 2.03. The maximum Gasteiger partial charge on any atom is 0.451 e. The second kappa shape index (κ2) is 6.47. The molecule has 2 rings (SSSR count). The van der Waals surface area contributed by atoms with Crippen LogP contribution in [0.4, 0.5) is 19.0 Å². The molecule has 0 amide bonds. The minimum absolute atomic E-state index is 0.0396. The van der Waals surface area contributed by atoms with Gasteiger partial charge in [-0.15, -0.1) is 0 Å². The summed E-state index contributed by atoms with van der Waals surface area (Å²) in [6.45, 7) is 3.79. The van der Waals surface area contributed by atoms with Crippen LogP contribution < -0.4 is 14.8 Å². The Bertz CT molecular complexity index is 704. The van der Waals surface area contributed by atoms with Gasteiger partial charge in [-0.05, 0) is 19.4 Å². The predicted molar refractivity (Wildman–Crippen MR) is 81.0 cm³/mol. The quantitative estimate of drug-likeness (QED) is 0.902. The number of aromatic nitrogens is 2. The molecule has 0 aliphatic carbocycles. The van der Waals surface area contributed by atoms with Crippen molar-refractivity contribution in [2.24, 2.45) is 0 Å². The van der Waals surface area contributed by atoms with Gasteiger partial charge in [0, 0.05) is 17.5 Å². The lowest BCUT2D eigenvalue weighted by molar-refractivity contribution is -0.144. The van der Waals surface area contributed by atoms with Crippen LogP contribution in [0.1, 0.15) is 26.1 Å². The number of nitrogens with one attached hydrogen (secondary N) is 1. The molecule has 0 spiro atoms. The molecule has 0 saturated carbocycles. The van der Waals surface area contributed by atoms with Gasteiger partial charge in [0.2, 0.25) is 5.82 Å². The largest absolute Gasteiger partial charge is 0.493 e. The Hall–Kier alpha value is -2.25. The SMILES string of the molecule is CCC(C)Nc1nc(C(F)(F)F)nc2cc(OC)c(OC)cc12. The Morgan fingerprint density at radius 2 is 1.74 bits per heavy atom. The summed E-state index contributed by atoms with van der Waals surface area (Å²) in [6.07, 6.45) is -3.90. The van der Waals surface area contributed by atoms with Crippen LogP contribution in [0.5, 0.6) is 11.5 Å². The van der Waals surface area contributed by atoms with Crippen LogP contribution in [0.25, 0.3) is 10.9 Å². The van der Waals surface area contributed by atoms with Crippen LogP contribution in [0.3, 0.4) is 0 Å². The van der Waals surface area contributed by atoms with Crippen molar-refractivity contribution in [1.29, 1.82) is 0 Å². The molecule has 1 heterocycles. The third-order valence-electron chi connectivity index (χ3n) is 3.45. The monoisotopic (exact) mass is 329 g/mol. The molecule has 0 saturated heterocycles. The minimum atomic E-state index is -4.63. The van der Waals surface area contributed by atoms with Crippen LogP contribution >= 0.6 is 0 Å². The molecule has 1 aromatic heterocycles. The van der Waals surface area contributed by atoms with Crippen LogP contribution in [0.15, 0.2) is 12.1 Å². The van der Waals surface area contributed by atoms with Crippen molar-refractivity contribution in [3.05, 3.63) is 18.0 Å². The molecule has 0 aliphatic rings. The highest BCUT2D eigenvalue weighted by atomic mass is 19.4. The van der Waals surface area contributed by atoms with Gasteiger partial charge in [0.15, 0.2) is 11.5 Å². The van der Waals surface area contributed by atoms with Crippen molar-refractivity contribution in [3.8, 4) is 11.5 Å². The number of rotatable bonds is 5. The van der Waals surface area contributed by atoms with E-state index in [1.54, 1.807) is 6.07 Å². The zero-order valence-corrected chi connectivity index (χ0v) is 13.3. The third kappa shape index (κ3) is 3.57. The Balaban J connectivity index is 2.72. The average molecular weight is 329 g/mol. The van der Waals surface area contributed by atoms with E-state index in [0.29, 0.717) is 16.9 Å². The van der Waals surface area contributed by atoms with Gasteiger partial charge in [0.1, 0.15) is 5.82 Å². The van der Waals surface area contributed by atoms with Crippen molar-refractivity contribution in [2.45, 2.75) is 32.5 Å². The van der Waals surface area contributed by atoms with Gasteiger partial charge in [0.05, 0.1) is 19.7 Å². The number of fused-ring (bicyclic) bond motifs is 1. The van der Waals surface area contributed by atoms with Crippen LogP contribution in [0, 0.1) is 0 Å². The third-order valence-corrected chi connectivity index (χ3v) is 3.45. The van der Waals surface area contributed by atoms with Gasteiger partial charge < -0.3 is 14.8 Å². The first kappa shape index (κ1) is 17.1. The summed E-state index contributed by atoms with van der Waals surface area (Å²) < 4.78 is 49.4. The number of alkyl halides is 3. The van der Waals surface area contributed by atoms with Crippen molar-refractivity contribution >= 4 is 16.7 Å². The van der Waals surface area contributed by atoms with Crippen molar-refractivity contribution in [3.63, 3.8) is 0 Å². The molecule has 8 heteroatoms. The molecule has 23 heavy (non-hydrogen) atoms. The fourth-order valence-corrected chi connectivity index (χ4v) is 2.03. The zero-order chi connectivity index (χ0) is 17.2. The molecule has 2 aromatic rings. The van der Waals surface area contributed by atoms with Gasteiger partial charge >= 0.3 is 6.18 Å². The van der Waals surface area contributed by atoms with Crippen LogP contribution in [-0.2, 0) is 6.18 Å². The number of ether oxygens (including phenoxy) is 2. The molecule has 1 aromatic carbocycles. The van der Waals surface area contributed by atoms with E-state index in [1.807, 2.05) is 13.8 Å². The number of anilines is 1. The van der Waals surface area contributed by atoms with E-state index in [4.69, 9.17) is 9.47 Å². The summed E-state index contributed by atoms with van der Waals surface area (Å²) in [4.78, 5) is 7.26. The first-order valence-electron chi connectivity index (χ1n) is 7.07. The van der Waals surface area contributed by atoms with E-state index in [-0.39, 0.29) is 17.4 Å². The van der Waals surface area contributed by atoms with Gasteiger partial charge in [-0.25, -0.2) is 9.97 Å². The molecule has 0 radical (unpaired) electrons. The Morgan fingerprint density at radius 3 is 2.26 bits per heavy atom.